The zero-order valence-electron chi connectivity index (χ0n) is 19.1. The van der Waals surface area contributed by atoms with Gasteiger partial charge in [-0.25, -0.2) is 0 Å². The number of nitrogens with zero attached hydrogens (tertiary/aromatic N) is 2. The summed E-state index contributed by atoms with van der Waals surface area (Å²) in [6.45, 7) is 9.20. The molecule has 1 saturated carbocycles. The number of fused-ring (bicyclic) bond motifs is 1. The monoisotopic (exact) mass is 418 g/mol. The van der Waals surface area contributed by atoms with Crippen LogP contribution in [0.25, 0.3) is 10.9 Å². The van der Waals surface area contributed by atoms with Gasteiger partial charge in [-0.3, -0.25) is 4.79 Å². The molecule has 164 valence electrons. The maximum atomic E-state index is 12.9. The van der Waals surface area contributed by atoms with Crippen LogP contribution in [0.4, 0.5) is 0 Å². The van der Waals surface area contributed by atoms with Crippen molar-refractivity contribution >= 4 is 16.8 Å². The van der Waals surface area contributed by atoms with Crippen LogP contribution >= 0.6 is 0 Å². The van der Waals surface area contributed by atoms with Crippen molar-refractivity contribution in [3.8, 4) is 0 Å². The molecule has 1 aromatic heterocycles. The molecule has 0 spiro atoms. The van der Waals surface area contributed by atoms with Gasteiger partial charge in [0.15, 0.2) is 0 Å². The summed E-state index contributed by atoms with van der Waals surface area (Å²) in [6.07, 6.45) is 5.84. The summed E-state index contributed by atoms with van der Waals surface area (Å²) in [5.74, 6) is 0.179. The van der Waals surface area contributed by atoms with E-state index in [0.717, 1.165) is 5.52 Å². The molecule has 0 radical (unpaired) electrons. The number of hydrogen-bond acceptors (Lipinski definition) is 2. The van der Waals surface area contributed by atoms with E-state index in [1.807, 2.05) is 18.7 Å². The quantitative estimate of drug-likeness (QED) is 0.576. The zero-order chi connectivity index (χ0) is 21.8. The number of para-hydroxylation sites is 1. The Balaban J connectivity index is 0.00000112. The first-order valence-corrected chi connectivity index (χ1v) is 11.7. The minimum Gasteiger partial charge on any atom is -0.378 e. The highest BCUT2D eigenvalue weighted by Crippen LogP contribution is 2.51. The van der Waals surface area contributed by atoms with Crippen molar-refractivity contribution in [2.24, 2.45) is 0 Å². The van der Waals surface area contributed by atoms with Gasteiger partial charge in [-0.05, 0) is 37.0 Å². The number of morpholine rings is 1. The third-order valence-corrected chi connectivity index (χ3v) is 6.78. The SMILES string of the molecule is CC.Cc1ccc(C2(c3cn(CC(=O)N4CCOCC4)c4ccccc34)CCC2)cc1. The van der Waals surface area contributed by atoms with Gasteiger partial charge >= 0.3 is 0 Å². The van der Waals surface area contributed by atoms with Gasteiger partial charge in [0.2, 0.25) is 5.91 Å². The molecule has 3 aromatic rings. The highest BCUT2D eigenvalue weighted by Gasteiger charge is 2.42. The van der Waals surface area contributed by atoms with E-state index in [1.54, 1.807) is 0 Å². The average Bonchev–Trinajstić information content (AvgIpc) is 3.15. The Hall–Kier alpha value is -2.59. The molecule has 2 aromatic carbocycles. The van der Waals surface area contributed by atoms with E-state index in [0.29, 0.717) is 32.8 Å². The number of benzene rings is 2. The molecular weight excluding hydrogens is 384 g/mol. The van der Waals surface area contributed by atoms with E-state index in [9.17, 15) is 4.79 Å². The Morgan fingerprint density at radius 1 is 1.00 bits per heavy atom. The molecule has 0 atom stereocenters. The molecule has 0 bridgehead atoms. The van der Waals surface area contributed by atoms with Gasteiger partial charge in [0, 0.05) is 35.6 Å². The third-order valence-electron chi connectivity index (χ3n) is 6.78. The maximum absolute atomic E-state index is 12.9. The molecule has 31 heavy (non-hydrogen) atoms. The molecule has 1 amide bonds. The van der Waals surface area contributed by atoms with Crippen LogP contribution in [0.1, 0.15) is 49.8 Å². The second kappa shape index (κ2) is 9.27. The largest absolute Gasteiger partial charge is 0.378 e. The Kier molecular flexibility index (Phi) is 6.47. The lowest BCUT2D eigenvalue weighted by Crippen LogP contribution is -2.42. The number of ether oxygens (including phenoxy) is 1. The molecule has 2 aliphatic rings. The molecule has 1 saturated heterocycles. The van der Waals surface area contributed by atoms with E-state index in [4.69, 9.17) is 4.74 Å². The van der Waals surface area contributed by atoms with E-state index < -0.39 is 0 Å². The Morgan fingerprint density at radius 3 is 2.32 bits per heavy atom. The van der Waals surface area contributed by atoms with E-state index >= 15 is 0 Å². The first-order valence-electron chi connectivity index (χ1n) is 11.7. The van der Waals surface area contributed by atoms with Gasteiger partial charge in [-0.1, -0.05) is 68.3 Å². The van der Waals surface area contributed by atoms with Crippen molar-refractivity contribution in [1.82, 2.24) is 9.47 Å². The van der Waals surface area contributed by atoms with Crippen molar-refractivity contribution in [1.29, 1.82) is 0 Å². The highest BCUT2D eigenvalue weighted by molar-refractivity contribution is 5.88. The smallest absolute Gasteiger partial charge is 0.242 e. The van der Waals surface area contributed by atoms with Gasteiger partial charge in [0.25, 0.3) is 0 Å². The summed E-state index contributed by atoms with van der Waals surface area (Å²) in [5.41, 5.74) is 5.29. The minimum absolute atomic E-state index is 0.0700. The maximum Gasteiger partial charge on any atom is 0.242 e. The molecule has 0 unspecified atom stereocenters. The van der Waals surface area contributed by atoms with Gasteiger partial charge in [-0.15, -0.1) is 0 Å². The van der Waals surface area contributed by atoms with Crippen LogP contribution in [0.2, 0.25) is 0 Å². The lowest BCUT2D eigenvalue weighted by Gasteiger charge is -2.43. The lowest BCUT2D eigenvalue weighted by atomic mass is 9.60. The predicted octanol–water partition coefficient (Wildman–Crippen LogP) is 5.30. The molecule has 1 aliphatic heterocycles. The molecule has 1 aliphatic carbocycles. The first-order chi connectivity index (χ1) is 15.2. The number of carbonyl (C=O) groups excluding carboxylic acids is 1. The van der Waals surface area contributed by atoms with Gasteiger partial charge in [0.05, 0.1) is 13.2 Å². The van der Waals surface area contributed by atoms with Crippen molar-refractivity contribution in [2.45, 2.75) is 52.0 Å². The predicted molar refractivity (Wildman–Crippen MR) is 126 cm³/mol. The number of amides is 1. The van der Waals surface area contributed by atoms with Gasteiger partial charge in [0.1, 0.15) is 6.54 Å². The molecular formula is C27H34N2O2. The number of hydrogen-bond donors (Lipinski definition) is 0. The standard InChI is InChI=1S/C25H28N2O2.C2H6/c1-19-7-9-20(10-8-19)25(11-4-12-25)22-17-27(23-6-3-2-5-21(22)23)18-24(28)26-13-15-29-16-14-26;1-2/h2-3,5-10,17H,4,11-16,18H2,1H3;1-2H3. The summed E-state index contributed by atoms with van der Waals surface area (Å²) in [5, 5.41) is 1.28. The number of carbonyl (C=O) groups is 1. The first kappa shape index (κ1) is 21.6. The molecule has 4 heteroatoms. The topological polar surface area (TPSA) is 34.5 Å². The minimum atomic E-state index is 0.0700. The van der Waals surface area contributed by atoms with E-state index in [-0.39, 0.29) is 11.3 Å². The summed E-state index contributed by atoms with van der Waals surface area (Å²) >= 11 is 0. The van der Waals surface area contributed by atoms with Gasteiger partial charge < -0.3 is 14.2 Å². The molecule has 4 nitrogen and oxygen atoms in total. The highest BCUT2D eigenvalue weighted by atomic mass is 16.5. The molecule has 2 fully saturated rings. The second-order valence-electron chi connectivity index (χ2n) is 8.48. The molecule has 0 N–H and O–H groups in total. The number of aromatic nitrogens is 1. The van der Waals surface area contributed by atoms with Crippen LogP contribution in [-0.4, -0.2) is 41.7 Å². The summed E-state index contributed by atoms with van der Waals surface area (Å²) in [4.78, 5) is 14.8. The van der Waals surface area contributed by atoms with Crippen LogP contribution in [0.3, 0.4) is 0 Å². The second-order valence-corrected chi connectivity index (χ2v) is 8.48. The van der Waals surface area contributed by atoms with Crippen molar-refractivity contribution in [3.05, 3.63) is 71.4 Å². The molecule has 2 heterocycles. The summed E-state index contributed by atoms with van der Waals surface area (Å²) < 4.78 is 7.56. The van der Waals surface area contributed by atoms with Crippen molar-refractivity contribution < 1.29 is 9.53 Å². The normalized spacial score (nSPS) is 17.6. The fraction of sp³-hybridized carbons (Fsp3) is 0.444. The van der Waals surface area contributed by atoms with Crippen LogP contribution < -0.4 is 0 Å². The third kappa shape index (κ3) is 4.01. The van der Waals surface area contributed by atoms with E-state index in [2.05, 4.69) is 66.2 Å². The fourth-order valence-electron chi connectivity index (χ4n) is 4.93. The van der Waals surface area contributed by atoms with Gasteiger partial charge in [-0.2, -0.15) is 0 Å². The number of rotatable bonds is 4. The zero-order valence-corrected chi connectivity index (χ0v) is 19.1. The van der Waals surface area contributed by atoms with Crippen LogP contribution in [-0.2, 0) is 21.5 Å². The van der Waals surface area contributed by atoms with Crippen LogP contribution in [0.15, 0.2) is 54.7 Å². The molecule has 5 rings (SSSR count). The van der Waals surface area contributed by atoms with Crippen LogP contribution in [0, 0.1) is 6.92 Å². The average molecular weight is 419 g/mol. The van der Waals surface area contributed by atoms with Crippen molar-refractivity contribution in [2.75, 3.05) is 26.3 Å². The lowest BCUT2D eigenvalue weighted by molar-refractivity contribution is -0.135. The summed E-state index contributed by atoms with van der Waals surface area (Å²) in [7, 11) is 0. The Bertz CT molecular complexity index is 1030. The summed E-state index contributed by atoms with van der Waals surface area (Å²) in [6, 6.07) is 17.6. The fourth-order valence-corrected chi connectivity index (χ4v) is 4.93. The number of aryl methyl sites for hydroxylation is 1. The Morgan fingerprint density at radius 2 is 1.68 bits per heavy atom. The van der Waals surface area contributed by atoms with Crippen LogP contribution in [0.5, 0.6) is 0 Å². The van der Waals surface area contributed by atoms with Crippen molar-refractivity contribution in [3.63, 3.8) is 0 Å². The van der Waals surface area contributed by atoms with E-state index in [1.165, 1.54) is 41.3 Å². The Labute approximate surface area is 185 Å².